The fourth-order valence-electron chi connectivity index (χ4n) is 1.98. The van der Waals surface area contributed by atoms with Gasteiger partial charge in [-0.15, -0.1) is 10.2 Å². The third kappa shape index (κ3) is 4.74. The fraction of sp³-hybridized carbons (Fsp3) is 0.0588. The first-order chi connectivity index (χ1) is 12.1. The molecule has 8 heteroatoms. The van der Waals surface area contributed by atoms with E-state index in [0.717, 1.165) is 5.56 Å². The van der Waals surface area contributed by atoms with E-state index in [1.54, 1.807) is 18.5 Å². The fourth-order valence-corrected chi connectivity index (χ4v) is 2.71. The Morgan fingerprint density at radius 1 is 1.20 bits per heavy atom. The summed E-state index contributed by atoms with van der Waals surface area (Å²) in [7, 11) is 0. The van der Waals surface area contributed by atoms with Crippen LogP contribution in [0.5, 0.6) is 0 Å². The Hall–Kier alpha value is -2.51. The summed E-state index contributed by atoms with van der Waals surface area (Å²) in [5.74, 6) is -0.723. The second-order valence-corrected chi connectivity index (χ2v) is 6.37. The van der Waals surface area contributed by atoms with E-state index in [4.69, 9.17) is 11.6 Å². The molecule has 25 heavy (non-hydrogen) atoms. The monoisotopic (exact) mass is 374 g/mol. The molecule has 0 aliphatic carbocycles. The van der Waals surface area contributed by atoms with Crippen LogP contribution in [0.25, 0.3) is 11.3 Å². The predicted molar refractivity (Wildman–Crippen MR) is 96.0 cm³/mol. The van der Waals surface area contributed by atoms with Gasteiger partial charge in [0, 0.05) is 23.6 Å². The van der Waals surface area contributed by atoms with Crippen LogP contribution in [-0.2, 0) is 4.79 Å². The second-order valence-electron chi connectivity index (χ2n) is 4.96. The van der Waals surface area contributed by atoms with E-state index in [1.807, 2.05) is 18.2 Å². The number of thioether (sulfide) groups is 1. The highest BCUT2D eigenvalue weighted by atomic mass is 35.5. The maximum absolute atomic E-state index is 13.3. The van der Waals surface area contributed by atoms with E-state index in [1.165, 1.54) is 30.0 Å². The number of carbonyl (C=O) groups is 1. The normalized spacial score (nSPS) is 10.5. The highest BCUT2D eigenvalue weighted by Crippen LogP contribution is 2.21. The summed E-state index contributed by atoms with van der Waals surface area (Å²) >= 11 is 6.84. The number of hydrogen-bond donors (Lipinski definition) is 1. The van der Waals surface area contributed by atoms with Gasteiger partial charge in [0.25, 0.3) is 0 Å². The number of carbonyl (C=O) groups excluding carboxylic acids is 1. The SMILES string of the molecule is O=C(CSc1ccc(-c2cccnc2)nn1)Nc1ccc(Cl)c(F)c1. The molecule has 1 amide bonds. The first-order valence-electron chi connectivity index (χ1n) is 7.23. The molecule has 2 aromatic heterocycles. The Morgan fingerprint density at radius 3 is 2.76 bits per heavy atom. The molecule has 126 valence electrons. The van der Waals surface area contributed by atoms with E-state index < -0.39 is 5.82 Å². The molecule has 3 rings (SSSR count). The molecule has 0 aliphatic heterocycles. The summed E-state index contributed by atoms with van der Waals surface area (Å²) < 4.78 is 13.3. The lowest BCUT2D eigenvalue weighted by molar-refractivity contribution is -0.113. The number of nitrogens with zero attached hydrogens (tertiary/aromatic N) is 3. The van der Waals surface area contributed by atoms with Gasteiger partial charge in [0.05, 0.1) is 16.5 Å². The Labute approximate surface area is 152 Å². The molecule has 5 nitrogen and oxygen atoms in total. The molecular weight excluding hydrogens is 363 g/mol. The maximum atomic E-state index is 13.3. The Kier molecular flexibility index (Phi) is 5.57. The summed E-state index contributed by atoms with van der Waals surface area (Å²) in [6.07, 6.45) is 3.39. The van der Waals surface area contributed by atoms with Gasteiger partial charge >= 0.3 is 0 Å². The predicted octanol–water partition coefficient (Wildman–Crippen LogP) is 4.06. The largest absolute Gasteiger partial charge is 0.325 e. The summed E-state index contributed by atoms with van der Waals surface area (Å²) in [6.45, 7) is 0. The standard InChI is InChI=1S/C17H12ClFN4OS/c18-13-4-3-12(8-14(13)19)21-16(24)10-25-17-6-5-15(22-23-17)11-2-1-7-20-9-11/h1-9H,10H2,(H,21,24). The van der Waals surface area contributed by atoms with Crippen LogP contribution in [0.4, 0.5) is 10.1 Å². The topological polar surface area (TPSA) is 67.8 Å². The number of pyridine rings is 1. The van der Waals surface area contributed by atoms with Crippen molar-refractivity contribution in [2.24, 2.45) is 0 Å². The molecule has 0 atom stereocenters. The van der Waals surface area contributed by atoms with Gasteiger partial charge in [0.15, 0.2) is 0 Å². The molecule has 0 unspecified atom stereocenters. The first kappa shape index (κ1) is 17.3. The second kappa shape index (κ2) is 8.04. The van der Waals surface area contributed by atoms with Gasteiger partial charge in [-0.25, -0.2) is 4.39 Å². The number of rotatable bonds is 5. The molecule has 1 aromatic carbocycles. The molecule has 0 radical (unpaired) electrons. The molecule has 1 N–H and O–H groups in total. The van der Waals surface area contributed by atoms with Crippen molar-refractivity contribution in [3.8, 4) is 11.3 Å². The number of anilines is 1. The van der Waals surface area contributed by atoms with Gasteiger partial charge in [-0.3, -0.25) is 9.78 Å². The van der Waals surface area contributed by atoms with Crippen molar-refractivity contribution in [2.45, 2.75) is 5.03 Å². The average molecular weight is 375 g/mol. The van der Waals surface area contributed by atoms with Gasteiger partial charge < -0.3 is 5.32 Å². The molecule has 2 heterocycles. The Morgan fingerprint density at radius 2 is 2.08 bits per heavy atom. The zero-order chi connectivity index (χ0) is 17.6. The number of hydrogen-bond acceptors (Lipinski definition) is 5. The Bertz CT molecular complexity index is 878. The minimum Gasteiger partial charge on any atom is -0.325 e. The number of benzene rings is 1. The van der Waals surface area contributed by atoms with Crippen molar-refractivity contribution >= 4 is 35.0 Å². The highest BCUT2D eigenvalue weighted by Gasteiger charge is 2.08. The third-order valence-corrected chi connectivity index (χ3v) is 4.38. The number of halogens is 2. The van der Waals surface area contributed by atoms with Crippen molar-refractivity contribution in [1.82, 2.24) is 15.2 Å². The number of aromatic nitrogens is 3. The van der Waals surface area contributed by atoms with E-state index in [0.29, 0.717) is 16.4 Å². The van der Waals surface area contributed by atoms with Crippen LogP contribution in [0.1, 0.15) is 0 Å². The lowest BCUT2D eigenvalue weighted by Gasteiger charge is -2.06. The molecule has 0 bridgehead atoms. The van der Waals surface area contributed by atoms with Crippen LogP contribution in [0.2, 0.25) is 5.02 Å². The summed E-state index contributed by atoms with van der Waals surface area (Å²) in [5, 5.41) is 11.4. The van der Waals surface area contributed by atoms with Gasteiger partial charge in [-0.2, -0.15) is 0 Å². The lowest BCUT2D eigenvalue weighted by Crippen LogP contribution is -2.14. The van der Waals surface area contributed by atoms with E-state index in [9.17, 15) is 9.18 Å². The summed E-state index contributed by atoms with van der Waals surface area (Å²) in [4.78, 5) is 16.0. The molecule has 0 spiro atoms. The van der Waals surface area contributed by atoms with E-state index >= 15 is 0 Å². The van der Waals surface area contributed by atoms with Gasteiger partial charge in [0.2, 0.25) is 5.91 Å². The summed E-state index contributed by atoms with van der Waals surface area (Å²) in [6, 6.07) is 11.4. The van der Waals surface area contributed by atoms with Crippen LogP contribution in [-0.4, -0.2) is 26.8 Å². The van der Waals surface area contributed by atoms with Crippen LogP contribution in [0.3, 0.4) is 0 Å². The van der Waals surface area contributed by atoms with Gasteiger partial charge in [-0.05, 0) is 42.5 Å². The maximum Gasteiger partial charge on any atom is 0.234 e. The molecule has 0 aliphatic rings. The molecule has 3 aromatic rings. The lowest BCUT2D eigenvalue weighted by atomic mass is 10.2. The van der Waals surface area contributed by atoms with Crippen LogP contribution >= 0.6 is 23.4 Å². The minimum absolute atomic E-state index is 0.0105. The summed E-state index contributed by atoms with van der Waals surface area (Å²) in [5.41, 5.74) is 1.93. The van der Waals surface area contributed by atoms with Crippen molar-refractivity contribution in [3.05, 3.63) is 65.7 Å². The van der Waals surface area contributed by atoms with Crippen LogP contribution < -0.4 is 5.32 Å². The van der Waals surface area contributed by atoms with Crippen LogP contribution in [0, 0.1) is 5.82 Å². The number of amides is 1. The first-order valence-corrected chi connectivity index (χ1v) is 8.60. The molecule has 0 fully saturated rings. The molecular formula is C17H12ClFN4OS. The smallest absolute Gasteiger partial charge is 0.234 e. The average Bonchev–Trinajstić information content (AvgIpc) is 2.64. The van der Waals surface area contributed by atoms with Crippen LogP contribution in [0.15, 0.2) is 59.9 Å². The van der Waals surface area contributed by atoms with E-state index in [-0.39, 0.29) is 16.7 Å². The van der Waals surface area contributed by atoms with Gasteiger partial charge in [0.1, 0.15) is 10.8 Å². The van der Waals surface area contributed by atoms with Crippen molar-refractivity contribution in [2.75, 3.05) is 11.1 Å². The quantitative estimate of drug-likeness (QED) is 0.682. The minimum atomic E-state index is -0.580. The zero-order valence-corrected chi connectivity index (χ0v) is 14.4. The Balaban J connectivity index is 1.56. The van der Waals surface area contributed by atoms with Crippen molar-refractivity contribution in [1.29, 1.82) is 0 Å². The van der Waals surface area contributed by atoms with Crippen molar-refractivity contribution in [3.63, 3.8) is 0 Å². The molecule has 0 saturated carbocycles. The van der Waals surface area contributed by atoms with Crippen molar-refractivity contribution < 1.29 is 9.18 Å². The van der Waals surface area contributed by atoms with E-state index in [2.05, 4.69) is 20.5 Å². The third-order valence-electron chi connectivity index (χ3n) is 3.15. The number of nitrogens with one attached hydrogen (secondary N) is 1. The highest BCUT2D eigenvalue weighted by molar-refractivity contribution is 7.99. The molecule has 0 saturated heterocycles. The zero-order valence-electron chi connectivity index (χ0n) is 12.8. The van der Waals surface area contributed by atoms with Gasteiger partial charge in [-0.1, -0.05) is 23.4 Å².